The van der Waals surface area contributed by atoms with Gasteiger partial charge < -0.3 is 4.18 Å². The fourth-order valence-electron chi connectivity index (χ4n) is 3.56. The fraction of sp³-hybridized carbons (Fsp3) is 0.111. The molecule has 0 amide bonds. The Morgan fingerprint density at radius 1 is 0.774 bits per heavy atom. The van der Waals surface area contributed by atoms with Crippen LogP contribution in [0, 0.1) is 0 Å². The first-order valence-corrected chi connectivity index (χ1v) is 11.9. The molecule has 0 atom stereocenters. The minimum absolute atomic E-state index is 0.787. The zero-order valence-electron chi connectivity index (χ0n) is 17.9. The molecule has 1 aliphatic rings. The van der Waals surface area contributed by atoms with Gasteiger partial charge in [0.25, 0.3) is 0 Å². The summed E-state index contributed by atoms with van der Waals surface area (Å²) < 4.78 is 6.90. The molecule has 31 heavy (non-hydrogen) atoms. The van der Waals surface area contributed by atoms with Gasteiger partial charge in [-0.25, -0.2) is 0 Å². The van der Waals surface area contributed by atoms with E-state index in [9.17, 15) is 0 Å². The Morgan fingerprint density at radius 2 is 1.32 bits per heavy atom. The highest BCUT2D eigenvalue weighted by atomic mass is 32.3. The van der Waals surface area contributed by atoms with Gasteiger partial charge in [-0.2, -0.15) is 0 Å². The molecule has 0 saturated carbocycles. The van der Waals surface area contributed by atoms with Crippen LogP contribution >= 0.6 is 10.3 Å². The summed E-state index contributed by atoms with van der Waals surface area (Å²) in [6, 6.07) is 25.1. The third-order valence-electron chi connectivity index (χ3n) is 4.82. The normalized spacial score (nSPS) is 14.4. The molecule has 3 heterocycles. The van der Waals surface area contributed by atoms with Crippen LogP contribution in [0.4, 0.5) is 0 Å². The zero-order valence-corrected chi connectivity index (χ0v) is 18.7. The predicted molar refractivity (Wildman–Crippen MR) is 129 cm³/mol. The van der Waals surface area contributed by atoms with Crippen LogP contribution in [-0.2, 0) is 5.75 Å². The molecule has 3 nitrogen and oxygen atoms in total. The van der Waals surface area contributed by atoms with Crippen LogP contribution in [0.15, 0.2) is 120 Å². The number of nitrogens with zero attached hydrogens (tertiary/aromatic N) is 2. The van der Waals surface area contributed by atoms with Crippen molar-refractivity contribution >= 4 is 10.3 Å². The van der Waals surface area contributed by atoms with Crippen molar-refractivity contribution in [2.75, 3.05) is 0 Å². The number of fused-ring (bicyclic) bond motifs is 3. The Labute approximate surface area is 186 Å². The fourth-order valence-corrected chi connectivity index (χ4v) is 6.61. The highest BCUT2D eigenvalue weighted by molar-refractivity contribution is 8.29. The van der Waals surface area contributed by atoms with E-state index in [-0.39, 0.29) is 0 Å². The molecular weight excluding hydrogens is 400 g/mol. The lowest BCUT2D eigenvalue weighted by Crippen LogP contribution is -2.12. The van der Waals surface area contributed by atoms with Gasteiger partial charge in [0.05, 0.1) is 0 Å². The number of pyridine rings is 2. The number of hydrogen-bond acceptors (Lipinski definition) is 3. The molecule has 4 heteroatoms. The summed E-state index contributed by atoms with van der Waals surface area (Å²) in [7, 11) is -1.84. The topological polar surface area (TPSA) is 35.0 Å². The van der Waals surface area contributed by atoms with Gasteiger partial charge in [-0.1, -0.05) is 48.0 Å². The van der Waals surface area contributed by atoms with Gasteiger partial charge in [0.1, 0.15) is 5.75 Å². The van der Waals surface area contributed by atoms with Gasteiger partial charge in [0.2, 0.25) is 0 Å². The summed E-state index contributed by atoms with van der Waals surface area (Å²) in [4.78, 5) is 11.0. The molecule has 4 aromatic rings. The van der Waals surface area contributed by atoms with Crippen LogP contribution < -0.4 is 4.18 Å². The van der Waals surface area contributed by atoms with Gasteiger partial charge in [0.15, 0.2) is 0 Å². The minimum Gasteiger partial charge on any atom is -0.439 e. The second-order valence-electron chi connectivity index (χ2n) is 7.64. The van der Waals surface area contributed by atoms with Gasteiger partial charge in [0, 0.05) is 45.9 Å². The van der Waals surface area contributed by atoms with Crippen LogP contribution in [-0.4, -0.2) is 9.97 Å². The lowest BCUT2D eigenvalue weighted by molar-refractivity contribution is 0.615. The Balaban J connectivity index is 0.000000535. The number of benzene rings is 2. The van der Waals surface area contributed by atoms with Crippen molar-refractivity contribution in [2.45, 2.75) is 29.4 Å². The molecule has 0 bridgehead atoms. The maximum atomic E-state index is 6.90. The molecule has 0 N–H and O–H groups in total. The first-order chi connectivity index (χ1) is 15.1. The molecule has 0 fully saturated rings. The lowest BCUT2D eigenvalue weighted by Gasteiger charge is -2.39. The van der Waals surface area contributed by atoms with E-state index in [1.165, 1.54) is 16.7 Å². The highest BCUT2D eigenvalue weighted by Gasteiger charge is 2.36. The maximum Gasteiger partial charge on any atom is 0.143 e. The van der Waals surface area contributed by atoms with Gasteiger partial charge in [-0.15, -0.1) is 6.58 Å². The number of para-hydroxylation sites is 1. The van der Waals surface area contributed by atoms with Crippen molar-refractivity contribution in [2.24, 2.45) is 0 Å². The average Bonchev–Trinajstić information content (AvgIpc) is 2.95. The van der Waals surface area contributed by atoms with Crippen LogP contribution in [0.5, 0.6) is 5.75 Å². The third-order valence-corrected chi connectivity index (χ3v) is 8.00. The van der Waals surface area contributed by atoms with Crippen LogP contribution in [0.25, 0.3) is 11.1 Å². The second-order valence-corrected chi connectivity index (χ2v) is 10.4. The highest BCUT2D eigenvalue weighted by Crippen LogP contribution is 2.67. The largest absolute Gasteiger partial charge is 0.439 e. The van der Waals surface area contributed by atoms with Gasteiger partial charge >= 0.3 is 0 Å². The molecule has 0 aliphatic carbocycles. The Morgan fingerprint density at radius 3 is 1.90 bits per heavy atom. The van der Waals surface area contributed by atoms with Gasteiger partial charge in [-0.05, 0) is 65.6 Å². The van der Waals surface area contributed by atoms with E-state index in [0.717, 1.165) is 26.9 Å². The van der Waals surface area contributed by atoms with E-state index in [1.54, 1.807) is 12.4 Å². The summed E-state index contributed by atoms with van der Waals surface area (Å²) in [6.07, 6.45) is 7.47. The standard InChI is InChI=1S/C23H18N2OS.C4H8/c1-2-10-21-18(7-1)17-27(19-8-5-13-24-15-19,20-9-6-14-25-16-20)26-23-12-4-3-11-22(21)23;1-4(2)3/h1-16H,17H2;1H2,2-3H3. The number of hydrogen-bond donors (Lipinski definition) is 0. The van der Waals surface area contributed by atoms with Crippen LogP contribution in [0.1, 0.15) is 19.4 Å². The van der Waals surface area contributed by atoms with Crippen LogP contribution in [0.3, 0.4) is 0 Å². The molecule has 2 aromatic carbocycles. The average molecular weight is 427 g/mol. The predicted octanol–water partition coefficient (Wildman–Crippen LogP) is 7.46. The third kappa shape index (κ3) is 4.39. The Bertz CT molecular complexity index is 1080. The van der Waals surface area contributed by atoms with E-state index < -0.39 is 10.3 Å². The quantitative estimate of drug-likeness (QED) is 0.312. The number of allylic oxidation sites excluding steroid dienone is 1. The van der Waals surface area contributed by atoms with E-state index in [0.29, 0.717) is 0 Å². The first kappa shape index (κ1) is 20.9. The monoisotopic (exact) mass is 426 g/mol. The van der Waals surface area contributed by atoms with E-state index in [2.05, 4.69) is 71.1 Å². The Kier molecular flexibility index (Phi) is 6.19. The Hall–Kier alpha value is -3.37. The van der Waals surface area contributed by atoms with Crippen molar-refractivity contribution in [3.63, 3.8) is 0 Å². The van der Waals surface area contributed by atoms with Crippen molar-refractivity contribution < 1.29 is 4.18 Å². The van der Waals surface area contributed by atoms with Crippen molar-refractivity contribution in [3.8, 4) is 16.9 Å². The number of rotatable bonds is 2. The first-order valence-electron chi connectivity index (χ1n) is 10.2. The molecule has 0 unspecified atom stereocenters. The van der Waals surface area contributed by atoms with Crippen molar-refractivity contribution in [1.82, 2.24) is 9.97 Å². The van der Waals surface area contributed by atoms with Crippen LogP contribution in [0.2, 0.25) is 0 Å². The molecule has 0 saturated heterocycles. The molecule has 2 aromatic heterocycles. The van der Waals surface area contributed by atoms with Gasteiger partial charge in [-0.3, -0.25) is 9.97 Å². The maximum absolute atomic E-state index is 6.90. The van der Waals surface area contributed by atoms with E-state index >= 15 is 0 Å². The molecule has 5 rings (SSSR count). The summed E-state index contributed by atoms with van der Waals surface area (Å²) in [6.45, 7) is 7.50. The van der Waals surface area contributed by atoms with E-state index in [1.807, 2.05) is 44.4 Å². The van der Waals surface area contributed by atoms with E-state index in [4.69, 9.17) is 4.18 Å². The minimum atomic E-state index is -1.84. The SMILES string of the molecule is C=C(C)C.c1cncc(S2(c3cccnc3)Cc3ccccc3-c3ccccc3O2)c1. The summed E-state index contributed by atoms with van der Waals surface area (Å²) in [5.74, 6) is 1.69. The summed E-state index contributed by atoms with van der Waals surface area (Å²) >= 11 is 0. The molecular formula is C27H26N2OS. The molecule has 0 spiro atoms. The zero-order chi connectivity index (χ0) is 21.7. The van der Waals surface area contributed by atoms with Crippen molar-refractivity contribution in [1.29, 1.82) is 0 Å². The smallest absolute Gasteiger partial charge is 0.143 e. The molecule has 0 radical (unpaired) electrons. The molecule has 156 valence electrons. The summed E-state index contributed by atoms with van der Waals surface area (Å²) in [5.41, 5.74) is 4.82. The molecule has 1 aliphatic heterocycles. The second kappa shape index (κ2) is 9.19. The lowest BCUT2D eigenvalue weighted by atomic mass is 10.00. The summed E-state index contributed by atoms with van der Waals surface area (Å²) in [5, 5.41) is 0. The number of aromatic nitrogens is 2. The van der Waals surface area contributed by atoms with Crippen molar-refractivity contribution in [3.05, 3.63) is 115 Å².